The van der Waals surface area contributed by atoms with E-state index >= 15 is 0 Å². The molecule has 0 atom stereocenters. The monoisotopic (exact) mass is 386 g/mol. The molecule has 0 unspecified atom stereocenters. The van der Waals surface area contributed by atoms with Gasteiger partial charge in [0.05, 0.1) is 5.56 Å². The lowest BCUT2D eigenvalue weighted by atomic mass is 10.0. The molecule has 1 heterocycles. The summed E-state index contributed by atoms with van der Waals surface area (Å²) in [5, 5.41) is 3.00. The van der Waals surface area contributed by atoms with Gasteiger partial charge in [-0.05, 0) is 47.6 Å². The van der Waals surface area contributed by atoms with E-state index < -0.39 is 0 Å². The summed E-state index contributed by atoms with van der Waals surface area (Å²) in [6, 6.07) is 7.85. The van der Waals surface area contributed by atoms with Gasteiger partial charge in [0.15, 0.2) is 0 Å². The molecule has 1 aromatic carbocycles. The van der Waals surface area contributed by atoms with Gasteiger partial charge in [-0.1, -0.05) is 19.1 Å². The SMILES string of the molecule is CCC(=O)NC1CCN(C(=O)c2ccccc2I)CC1. The van der Waals surface area contributed by atoms with Crippen molar-refractivity contribution in [3.8, 4) is 0 Å². The second-order valence-corrected chi connectivity index (χ2v) is 6.13. The Labute approximate surface area is 133 Å². The molecule has 2 amide bonds. The highest BCUT2D eigenvalue weighted by atomic mass is 127. The molecule has 1 saturated heterocycles. The topological polar surface area (TPSA) is 49.4 Å². The third-order valence-electron chi connectivity index (χ3n) is 3.57. The van der Waals surface area contributed by atoms with Crippen molar-refractivity contribution in [2.75, 3.05) is 13.1 Å². The van der Waals surface area contributed by atoms with E-state index in [1.54, 1.807) is 0 Å². The minimum absolute atomic E-state index is 0.0902. The van der Waals surface area contributed by atoms with Gasteiger partial charge in [-0.25, -0.2) is 0 Å². The number of hydrogen-bond acceptors (Lipinski definition) is 2. The van der Waals surface area contributed by atoms with E-state index in [-0.39, 0.29) is 17.9 Å². The normalized spacial score (nSPS) is 16.0. The number of benzene rings is 1. The molecule has 0 aromatic heterocycles. The Morgan fingerprint density at radius 2 is 1.95 bits per heavy atom. The van der Waals surface area contributed by atoms with Gasteiger partial charge in [-0.15, -0.1) is 0 Å². The highest BCUT2D eigenvalue weighted by Crippen LogP contribution is 2.18. The van der Waals surface area contributed by atoms with E-state index in [4.69, 9.17) is 0 Å². The summed E-state index contributed by atoms with van der Waals surface area (Å²) in [5.41, 5.74) is 0.768. The maximum atomic E-state index is 12.4. The van der Waals surface area contributed by atoms with E-state index in [1.807, 2.05) is 36.1 Å². The standard InChI is InChI=1S/C15H19IN2O2/c1-2-14(19)17-11-7-9-18(10-8-11)15(20)12-5-3-4-6-13(12)16/h3-6,11H,2,7-10H2,1H3,(H,17,19). The molecular weight excluding hydrogens is 367 g/mol. The Kier molecular flexibility index (Phi) is 5.39. The third-order valence-corrected chi connectivity index (χ3v) is 4.51. The summed E-state index contributed by atoms with van der Waals surface area (Å²) >= 11 is 2.19. The second kappa shape index (κ2) is 7.06. The van der Waals surface area contributed by atoms with Crippen LogP contribution in [0.2, 0.25) is 0 Å². The predicted octanol–water partition coefficient (Wildman–Crippen LogP) is 2.42. The largest absolute Gasteiger partial charge is 0.353 e. The molecule has 20 heavy (non-hydrogen) atoms. The van der Waals surface area contributed by atoms with Gasteiger partial charge >= 0.3 is 0 Å². The fourth-order valence-corrected chi connectivity index (χ4v) is 2.98. The minimum atomic E-state index is 0.0902. The Bertz CT molecular complexity index is 496. The van der Waals surface area contributed by atoms with E-state index in [9.17, 15) is 9.59 Å². The van der Waals surface area contributed by atoms with Gasteiger partial charge in [0.2, 0.25) is 5.91 Å². The number of carbonyl (C=O) groups excluding carboxylic acids is 2. The molecule has 108 valence electrons. The molecule has 1 aliphatic heterocycles. The van der Waals surface area contributed by atoms with E-state index in [2.05, 4.69) is 27.9 Å². The number of halogens is 1. The van der Waals surface area contributed by atoms with Crippen molar-refractivity contribution >= 4 is 34.4 Å². The first-order chi connectivity index (χ1) is 9.61. The van der Waals surface area contributed by atoms with Gasteiger partial charge in [-0.2, -0.15) is 0 Å². The number of piperidine rings is 1. The summed E-state index contributed by atoms with van der Waals surface area (Å²) < 4.78 is 0.983. The first-order valence-electron chi connectivity index (χ1n) is 6.95. The fourth-order valence-electron chi connectivity index (χ4n) is 2.36. The number of amides is 2. The number of rotatable bonds is 3. The Morgan fingerprint density at radius 3 is 2.55 bits per heavy atom. The van der Waals surface area contributed by atoms with Crippen LogP contribution in [0.3, 0.4) is 0 Å². The third kappa shape index (κ3) is 3.71. The average Bonchev–Trinajstić information content (AvgIpc) is 2.47. The van der Waals surface area contributed by atoms with Gasteiger partial charge in [0, 0.05) is 29.1 Å². The molecule has 1 fully saturated rings. The predicted molar refractivity (Wildman–Crippen MR) is 86.5 cm³/mol. The number of likely N-dealkylation sites (tertiary alicyclic amines) is 1. The fraction of sp³-hybridized carbons (Fsp3) is 0.467. The average molecular weight is 386 g/mol. The lowest BCUT2D eigenvalue weighted by Crippen LogP contribution is -2.46. The molecule has 0 spiro atoms. The summed E-state index contributed by atoms with van der Waals surface area (Å²) in [5.74, 6) is 0.183. The van der Waals surface area contributed by atoms with Crippen LogP contribution in [0.1, 0.15) is 36.5 Å². The highest BCUT2D eigenvalue weighted by molar-refractivity contribution is 14.1. The van der Waals surface area contributed by atoms with Crippen LogP contribution in [-0.4, -0.2) is 35.8 Å². The molecule has 0 aliphatic carbocycles. The zero-order valence-corrected chi connectivity index (χ0v) is 13.7. The molecule has 0 radical (unpaired) electrons. The Balaban J connectivity index is 1.92. The van der Waals surface area contributed by atoms with Crippen LogP contribution in [0, 0.1) is 3.57 Å². The van der Waals surface area contributed by atoms with Crippen LogP contribution in [0.15, 0.2) is 24.3 Å². The lowest BCUT2D eigenvalue weighted by molar-refractivity contribution is -0.121. The molecular formula is C15H19IN2O2. The van der Waals surface area contributed by atoms with Crippen molar-refractivity contribution in [1.29, 1.82) is 0 Å². The maximum absolute atomic E-state index is 12.4. The van der Waals surface area contributed by atoms with Crippen molar-refractivity contribution in [3.63, 3.8) is 0 Å². The van der Waals surface area contributed by atoms with Crippen molar-refractivity contribution in [2.45, 2.75) is 32.2 Å². The number of nitrogens with one attached hydrogen (secondary N) is 1. The van der Waals surface area contributed by atoms with Crippen LogP contribution in [0.5, 0.6) is 0 Å². The van der Waals surface area contributed by atoms with Gasteiger partial charge < -0.3 is 10.2 Å². The van der Waals surface area contributed by atoms with Crippen molar-refractivity contribution in [3.05, 3.63) is 33.4 Å². The van der Waals surface area contributed by atoms with Gasteiger partial charge in [-0.3, -0.25) is 9.59 Å². The highest BCUT2D eigenvalue weighted by Gasteiger charge is 2.25. The van der Waals surface area contributed by atoms with Crippen molar-refractivity contribution in [2.24, 2.45) is 0 Å². The summed E-state index contributed by atoms with van der Waals surface area (Å²) in [6.45, 7) is 3.27. The van der Waals surface area contributed by atoms with Crippen LogP contribution in [-0.2, 0) is 4.79 Å². The minimum Gasteiger partial charge on any atom is -0.353 e. The molecule has 0 saturated carbocycles. The first kappa shape index (κ1) is 15.3. The van der Waals surface area contributed by atoms with Gasteiger partial charge in [0.25, 0.3) is 5.91 Å². The molecule has 2 rings (SSSR count). The van der Waals surface area contributed by atoms with Crippen molar-refractivity contribution < 1.29 is 9.59 Å². The number of nitrogens with zero attached hydrogens (tertiary/aromatic N) is 1. The molecule has 0 bridgehead atoms. The van der Waals surface area contributed by atoms with Crippen LogP contribution in [0.25, 0.3) is 0 Å². The zero-order valence-electron chi connectivity index (χ0n) is 11.6. The zero-order chi connectivity index (χ0) is 14.5. The van der Waals surface area contributed by atoms with Crippen LogP contribution in [0.4, 0.5) is 0 Å². The molecule has 5 heteroatoms. The van der Waals surface area contributed by atoms with Crippen molar-refractivity contribution in [1.82, 2.24) is 10.2 Å². The van der Waals surface area contributed by atoms with E-state index in [1.165, 1.54) is 0 Å². The number of carbonyl (C=O) groups is 2. The van der Waals surface area contributed by atoms with Crippen LogP contribution >= 0.6 is 22.6 Å². The maximum Gasteiger partial charge on any atom is 0.254 e. The quantitative estimate of drug-likeness (QED) is 0.812. The summed E-state index contributed by atoms with van der Waals surface area (Å²) in [4.78, 5) is 25.7. The molecule has 4 nitrogen and oxygen atoms in total. The van der Waals surface area contributed by atoms with Gasteiger partial charge in [0.1, 0.15) is 0 Å². The Morgan fingerprint density at radius 1 is 1.30 bits per heavy atom. The molecule has 1 aromatic rings. The van der Waals surface area contributed by atoms with Crippen LogP contribution < -0.4 is 5.32 Å². The van der Waals surface area contributed by atoms with E-state index in [0.717, 1.165) is 22.0 Å². The summed E-state index contributed by atoms with van der Waals surface area (Å²) in [7, 11) is 0. The first-order valence-corrected chi connectivity index (χ1v) is 8.03. The van der Waals surface area contributed by atoms with E-state index in [0.29, 0.717) is 19.5 Å². The molecule has 1 N–H and O–H groups in total. The lowest BCUT2D eigenvalue weighted by Gasteiger charge is -2.32. The molecule has 1 aliphatic rings. The Hall–Kier alpha value is -1.11. The summed E-state index contributed by atoms with van der Waals surface area (Å²) in [6.07, 6.45) is 2.18. The second-order valence-electron chi connectivity index (χ2n) is 4.97. The number of hydrogen-bond donors (Lipinski definition) is 1. The smallest absolute Gasteiger partial charge is 0.254 e.